The number of aromatic hydroxyl groups is 1. The Kier molecular flexibility index (Phi) is 5.39. The Morgan fingerprint density at radius 2 is 2.00 bits per heavy atom. The zero-order chi connectivity index (χ0) is 15.4. The fourth-order valence-corrected chi connectivity index (χ4v) is 2.85. The van der Waals surface area contributed by atoms with Crippen molar-refractivity contribution in [3.05, 3.63) is 61.5 Å². The highest BCUT2D eigenvalue weighted by molar-refractivity contribution is 9.10. The lowest BCUT2D eigenvalue weighted by Gasteiger charge is -2.04. The number of hydrogen-bond acceptors (Lipinski definition) is 3. The number of amides is 1. The molecule has 0 unspecified atom stereocenters. The van der Waals surface area contributed by atoms with Crippen LogP contribution >= 0.6 is 43.5 Å². The van der Waals surface area contributed by atoms with Crippen molar-refractivity contribution in [2.75, 3.05) is 0 Å². The van der Waals surface area contributed by atoms with Gasteiger partial charge in [0.25, 0.3) is 5.91 Å². The summed E-state index contributed by atoms with van der Waals surface area (Å²) in [5.41, 5.74) is 3.24. The molecule has 0 fully saturated rings. The third-order valence-electron chi connectivity index (χ3n) is 2.55. The standard InChI is InChI=1S/C14H9Br2ClN2O2/c15-9-5-8(13(20)12(17)6-9)7-18-19-14(21)10-3-1-2-4-11(10)16/h1-7,20H,(H,19,21). The van der Waals surface area contributed by atoms with E-state index >= 15 is 0 Å². The molecule has 2 N–H and O–H groups in total. The van der Waals surface area contributed by atoms with Gasteiger partial charge in [0.05, 0.1) is 16.8 Å². The Balaban J connectivity index is 2.13. The predicted molar refractivity (Wildman–Crippen MR) is 90.0 cm³/mol. The number of hydrazone groups is 1. The second kappa shape index (κ2) is 7.06. The minimum absolute atomic E-state index is 0.0984. The highest BCUT2D eigenvalue weighted by Crippen LogP contribution is 2.30. The SMILES string of the molecule is O=C(NN=Cc1cc(Br)cc(Cl)c1O)c1ccccc1Br. The minimum Gasteiger partial charge on any atom is -0.506 e. The molecule has 0 radical (unpaired) electrons. The van der Waals surface area contributed by atoms with Gasteiger partial charge in [0.15, 0.2) is 0 Å². The number of carbonyl (C=O) groups excluding carboxylic acids is 1. The number of nitrogens with zero attached hydrogens (tertiary/aromatic N) is 1. The molecule has 2 rings (SSSR count). The summed E-state index contributed by atoms with van der Waals surface area (Å²) in [6.07, 6.45) is 1.32. The molecule has 0 aromatic heterocycles. The lowest BCUT2D eigenvalue weighted by Crippen LogP contribution is -2.18. The molecule has 0 aliphatic carbocycles. The van der Waals surface area contributed by atoms with Crippen LogP contribution in [0.25, 0.3) is 0 Å². The molecule has 0 heterocycles. The third-order valence-corrected chi connectivity index (χ3v) is 3.98. The van der Waals surface area contributed by atoms with Crippen LogP contribution in [-0.4, -0.2) is 17.2 Å². The first-order chi connectivity index (χ1) is 9.99. The molecule has 4 nitrogen and oxygen atoms in total. The molecule has 0 spiro atoms. The highest BCUT2D eigenvalue weighted by atomic mass is 79.9. The Labute approximate surface area is 143 Å². The van der Waals surface area contributed by atoms with Crippen LogP contribution in [0.15, 0.2) is 50.4 Å². The number of benzene rings is 2. The van der Waals surface area contributed by atoms with Gasteiger partial charge in [-0.1, -0.05) is 39.7 Å². The molecule has 0 saturated heterocycles. The maximum atomic E-state index is 11.9. The molecular formula is C14H9Br2ClN2O2. The van der Waals surface area contributed by atoms with E-state index in [4.69, 9.17) is 11.6 Å². The Hall–Kier alpha value is -1.37. The van der Waals surface area contributed by atoms with Crippen molar-refractivity contribution in [3.63, 3.8) is 0 Å². The summed E-state index contributed by atoms with van der Waals surface area (Å²) < 4.78 is 1.37. The second-order valence-corrected chi connectivity index (χ2v) is 6.18. The first-order valence-electron chi connectivity index (χ1n) is 5.75. The first-order valence-corrected chi connectivity index (χ1v) is 7.71. The average molecular weight is 432 g/mol. The van der Waals surface area contributed by atoms with Crippen LogP contribution in [0.3, 0.4) is 0 Å². The Morgan fingerprint density at radius 3 is 2.71 bits per heavy atom. The fraction of sp³-hybridized carbons (Fsp3) is 0. The number of hydrogen-bond donors (Lipinski definition) is 2. The molecule has 1 amide bonds. The van der Waals surface area contributed by atoms with Crippen molar-refractivity contribution in [2.45, 2.75) is 0 Å². The number of phenols is 1. The molecule has 0 aliphatic rings. The summed E-state index contributed by atoms with van der Waals surface area (Å²) in [5, 5.41) is 13.8. The summed E-state index contributed by atoms with van der Waals surface area (Å²) in [5.74, 6) is -0.460. The van der Waals surface area contributed by atoms with Crippen LogP contribution in [0, 0.1) is 0 Å². The predicted octanol–water partition coefficient (Wildman–Crippen LogP) is 4.33. The number of nitrogens with one attached hydrogen (secondary N) is 1. The maximum Gasteiger partial charge on any atom is 0.272 e. The van der Waals surface area contributed by atoms with Gasteiger partial charge in [-0.25, -0.2) is 5.43 Å². The van der Waals surface area contributed by atoms with E-state index in [9.17, 15) is 9.90 Å². The fourth-order valence-electron chi connectivity index (χ4n) is 1.55. The van der Waals surface area contributed by atoms with Gasteiger partial charge in [0.1, 0.15) is 5.75 Å². The summed E-state index contributed by atoms with van der Waals surface area (Å²) in [6, 6.07) is 10.2. The van der Waals surface area contributed by atoms with Gasteiger partial charge in [-0.2, -0.15) is 5.10 Å². The van der Waals surface area contributed by atoms with Crippen LogP contribution in [-0.2, 0) is 0 Å². The van der Waals surface area contributed by atoms with Crippen molar-refractivity contribution < 1.29 is 9.90 Å². The van der Waals surface area contributed by atoms with E-state index in [-0.39, 0.29) is 16.7 Å². The van der Waals surface area contributed by atoms with Crippen LogP contribution < -0.4 is 5.43 Å². The van der Waals surface area contributed by atoms with Gasteiger partial charge in [-0.05, 0) is 40.2 Å². The summed E-state index contributed by atoms with van der Waals surface area (Å²) >= 11 is 12.4. The van der Waals surface area contributed by atoms with E-state index < -0.39 is 0 Å². The van der Waals surface area contributed by atoms with Crippen LogP contribution in [0.5, 0.6) is 5.75 Å². The lowest BCUT2D eigenvalue weighted by molar-refractivity contribution is 0.0954. The quantitative estimate of drug-likeness (QED) is 0.560. The van der Waals surface area contributed by atoms with E-state index in [2.05, 4.69) is 42.4 Å². The van der Waals surface area contributed by atoms with E-state index in [0.29, 0.717) is 20.1 Å². The molecule has 2 aromatic rings. The molecular weight excluding hydrogens is 423 g/mol. The van der Waals surface area contributed by atoms with Crippen molar-refractivity contribution in [1.29, 1.82) is 0 Å². The normalized spacial score (nSPS) is 10.8. The third kappa shape index (κ3) is 4.06. The number of halogens is 3. The number of rotatable bonds is 3. The molecule has 21 heavy (non-hydrogen) atoms. The molecule has 0 bridgehead atoms. The Morgan fingerprint density at radius 1 is 1.29 bits per heavy atom. The first kappa shape index (κ1) is 16.0. The van der Waals surface area contributed by atoms with Gasteiger partial charge in [0.2, 0.25) is 0 Å². The van der Waals surface area contributed by atoms with Gasteiger partial charge < -0.3 is 5.11 Å². The van der Waals surface area contributed by atoms with Gasteiger partial charge in [0, 0.05) is 14.5 Å². The molecule has 0 atom stereocenters. The minimum atomic E-state index is -0.362. The van der Waals surface area contributed by atoms with Crippen molar-refractivity contribution in [1.82, 2.24) is 5.43 Å². The van der Waals surface area contributed by atoms with E-state index in [1.807, 2.05) is 6.07 Å². The van der Waals surface area contributed by atoms with Gasteiger partial charge >= 0.3 is 0 Å². The van der Waals surface area contributed by atoms with Crippen molar-refractivity contribution in [3.8, 4) is 5.75 Å². The zero-order valence-corrected chi connectivity index (χ0v) is 14.4. The van der Waals surface area contributed by atoms with E-state index in [0.717, 1.165) is 0 Å². The summed E-state index contributed by atoms with van der Waals surface area (Å²) in [6.45, 7) is 0. The number of carbonyl (C=O) groups is 1. The van der Waals surface area contributed by atoms with Crippen molar-refractivity contribution >= 4 is 55.6 Å². The van der Waals surface area contributed by atoms with Crippen molar-refractivity contribution in [2.24, 2.45) is 5.10 Å². The molecule has 7 heteroatoms. The number of phenolic OH excluding ortho intramolecular Hbond substituents is 1. The van der Waals surface area contributed by atoms with E-state index in [1.54, 1.807) is 30.3 Å². The molecule has 108 valence electrons. The zero-order valence-electron chi connectivity index (χ0n) is 10.5. The van der Waals surface area contributed by atoms with Crippen LogP contribution in [0.4, 0.5) is 0 Å². The van der Waals surface area contributed by atoms with Crippen LogP contribution in [0.1, 0.15) is 15.9 Å². The monoisotopic (exact) mass is 430 g/mol. The van der Waals surface area contributed by atoms with E-state index in [1.165, 1.54) is 6.21 Å². The van der Waals surface area contributed by atoms with Gasteiger partial charge in [-0.15, -0.1) is 0 Å². The molecule has 2 aromatic carbocycles. The van der Waals surface area contributed by atoms with Gasteiger partial charge in [-0.3, -0.25) is 4.79 Å². The average Bonchev–Trinajstić information content (AvgIpc) is 2.44. The largest absolute Gasteiger partial charge is 0.506 e. The maximum absolute atomic E-state index is 11.9. The smallest absolute Gasteiger partial charge is 0.272 e. The summed E-state index contributed by atoms with van der Waals surface area (Å²) in [7, 11) is 0. The highest BCUT2D eigenvalue weighted by Gasteiger charge is 2.08. The Bertz CT molecular complexity index is 720. The molecule has 0 saturated carbocycles. The summed E-state index contributed by atoms with van der Waals surface area (Å²) in [4.78, 5) is 11.9. The lowest BCUT2D eigenvalue weighted by atomic mass is 10.2. The molecule has 0 aliphatic heterocycles. The van der Waals surface area contributed by atoms with Crippen LogP contribution in [0.2, 0.25) is 5.02 Å². The topological polar surface area (TPSA) is 61.7 Å². The second-order valence-electron chi connectivity index (χ2n) is 4.00.